The number of aromatic nitrogens is 3. The molecule has 33 heavy (non-hydrogen) atoms. The van der Waals surface area contributed by atoms with Gasteiger partial charge in [-0.05, 0) is 43.5 Å². The molecule has 0 bridgehead atoms. The average molecular weight is 458 g/mol. The van der Waals surface area contributed by atoms with Crippen LogP contribution in [0.2, 0.25) is 0 Å². The summed E-state index contributed by atoms with van der Waals surface area (Å²) in [6, 6.07) is 5.80. The van der Waals surface area contributed by atoms with Crippen molar-refractivity contribution in [2.75, 3.05) is 31.2 Å². The summed E-state index contributed by atoms with van der Waals surface area (Å²) in [6.45, 7) is 7.03. The second kappa shape index (κ2) is 8.44. The highest BCUT2D eigenvalue weighted by molar-refractivity contribution is 5.80. The van der Waals surface area contributed by atoms with Crippen LogP contribution in [0.15, 0.2) is 35.5 Å². The molecule has 4 heterocycles. The fraction of sp³-hybridized carbons (Fsp3) is 0.458. The number of alkyl halides is 3. The fourth-order valence-electron chi connectivity index (χ4n) is 4.78. The summed E-state index contributed by atoms with van der Waals surface area (Å²) in [4.78, 5) is 16.5. The van der Waals surface area contributed by atoms with Crippen molar-refractivity contribution in [2.45, 2.75) is 45.5 Å². The predicted molar refractivity (Wildman–Crippen MR) is 119 cm³/mol. The number of halogens is 3. The zero-order valence-electron chi connectivity index (χ0n) is 18.7. The minimum absolute atomic E-state index is 0.205. The van der Waals surface area contributed by atoms with Crippen molar-refractivity contribution in [3.63, 3.8) is 0 Å². The van der Waals surface area contributed by atoms with E-state index in [-0.39, 0.29) is 5.56 Å². The molecule has 1 aromatic carbocycles. The molecule has 0 aliphatic carbocycles. The highest BCUT2D eigenvalue weighted by atomic mass is 19.4. The lowest BCUT2D eigenvalue weighted by molar-refractivity contribution is -0.138. The third-order valence-electron chi connectivity index (χ3n) is 6.51. The smallest absolute Gasteiger partial charge is 0.378 e. The van der Waals surface area contributed by atoms with Crippen LogP contribution in [0.4, 0.5) is 19.0 Å². The maximum atomic E-state index is 13.4. The van der Waals surface area contributed by atoms with Crippen LogP contribution < -0.4 is 10.4 Å². The lowest BCUT2D eigenvalue weighted by Crippen LogP contribution is -2.36. The molecular weight excluding hydrogens is 431 g/mol. The third-order valence-corrected chi connectivity index (χ3v) is 6.51. The van der Waals surface area contributed by atoms with Gasteiger partial charge in [-0.3, -0.25) is 4.99 Å². The number of aryl methyl sites for hydroxylation is 2. The molecule has 2 aliphatic heterocycles. The van der Waals surface area contributed by atoms with Crippen molar-refractivity contribution in [1.29, 1.82) is 0 Å². The van der Waals surface area contributed by atoms with E-state index in [1.165, 1.54) is 13.0 Å². The highest BCUT2D eigenvalue weighted by Gasteiger charge is 2.33. The van der Waals surface area contributed by atoms with Crippen LogP contribution in [0.3, 0.4) is 0 Å². The molecule has 6 nitrogen and oxygen atoms in total. The third kappa shape index (κ3) is 4.10. The summed E-state index contributed by atoms with van der Waals surface area (Å²) in [6.07, 6.45) is -0.677. The molecule has 0 N–H and O–H groups in total. The lowest BCUT2D eigenvalue weighted by Gasteiger charge is -2.28. The number of fused-ring (bicyclic) bond motifs is 3. The summed E-state index contributed by atoms with van der Waals surface area (Å²) in [5.41, 5.74) is 1.65. The number of ether oxygens (including phenoxy) is 1. The molecule has 3 aromatic rings. The molecule has 5 rings (SSSR count). The molecule has 1 fully saturated rings. The van der Waals surface area contributed by atoms with Gasteiger partial charge in [-0.1, -0.05) is 12.1 Å². The quantitative estimate of drug-likeness (QED) is 0.592. The molecule has 2 aliphatic rings. The van der Waals surface area contributed by atoms with Crippen LogP contribution >= 0.6 is 0 Å². The van der Waals surface area contributed by atoms with Gasteiger partial charge in [-0.15, -0.1) is 0 Å². The summed E-state index contributed by atoms with van der Waals surface area (Å²) in [5.74, 6) is 1.78. The fourth-order valence-corrected chi connectivity index (χ4v) is 4.78. The molecule has 0 spiro atoms. The Morgan fingerprint density at radius 3 is 2.70 bits per heavy atom. The molecule has 9 heteroatoms. The average Bonchev–Trinajstić information content (AvgIpc) is 3.27. The maximum absolute atomic E-state index is 13.4. The van der Waals surface area contributed by atoms with E-state index in [4.69, 9.17) is 19.7 Å². The van der Waals surface area contributed by atoms with E-state index < -0.39 is 17.8 Å². The van der Waals surface area contributed by atoms with Gasteiger partial charge in [-0.2, -0.15) is 13.2 Å². The predicted octanol–water partition coefficient (Wildman–Crippen LogP) is 4.20. The number of hydrogen-bond acceptors (Lipinski definition) is 5. The van der Waals surface area contributed by atoms with E-state index in [2.05, 4.69) is 9.47 Å². The molecule has 0 amide bonds. The van der Waals surface area contributed by atoms with Gasteiger partial charge in [0, 0.05) is 31.4 Å². The van der Waals surface area contributed by atoms with Gasteiger partial charge in [0.1, 0.15) is 11.6 Å². The Hall–Kier alpha value is -2.94. The minimum atomic E-state index is -4.40. The van der Waals surface area contributed by atoms with Crippen LogP contribution in [0.1, 0.15) is 41.9 Å². The van der Waals surface area contributed by atoms with E-state index in [1.54, 1.807) is 6.07 Å². The molecule has 0 radical (unpaired) electrons. The Morgan fingerprint density at radius 1 is 1.15 bits per heavy atom. The number of nitrogens with zero attached hydrogens (tertiary/aromatic N) is 5. The molecular formula is C24H26F3N5O. The second-order valence-corrected chi connectivity index (χ2v) is 8.59. The van der Waals surface area contributed by atoms with Crippen molar-refractivity contribution in [2.24, 2.45) is 4.99 Å². The van der Waals surface area contributed by atoms with Crippen LogP contribution in [-0.2, 0) is 23.9 Å². The Balaban J connectivity index is 1.65. The van der Waals surface area contributed by atoms with Crippen LogP contribution in [-0.4, -0.2) is 40.8 Å². The molecule has 1 atom stereocenters. The Kier molecular flexibility index (Phi) is 5.60. The van der Waals surface area contributed by atoms with E-state index in [0.29, 0.717) is 24.3 Å². The largest absolute Gasteiger partial charge is 0.416 e. The molecule has 0 unspecified atom stereocenters. The first kappa shape index (κ1) is 21.9. The number of morpholine rings is 1. The lowest BCUT2D eigenvalue weighted by atomic mass is 9.97. The van der Waals surface area contributed by atoms with Crippen molar-refractivity contribution < 1.29 is 17.9 Å². The number of benzene rings is 1. The Morgan fingerprint density at radius 2 is 1.94 bits per heavy atom. The number of pyridine rings is 1. The number of anilines is 1. The first-order chi connectivity index (χ1) is 15.8. The topological polar surface area (TPSA) is 55.5 Å². The highest BCUT2D eigenvalue weighted by Crippen LogP contribution is 2.35. The van der Waals surface area contributed by atoms with Crippen LogP contribution in [0, 0.1) is 6.92 Å². The molecule has 0 saturated carbocycles. The van der Waals surface area contributed by atoms with E-state index in [1.807, 2.05) is 19.2 Å². The summed E-state index contributed by atoms with van der Waals surface area (Å²) in [7, 11) is 0. The normalized spacial score (nSPS) is 18.1. The van der Waals surface area contributed by atoms with Gasteiger partial charge in [-0.25, -0.2) is 9.97 Å². The Bertz CT molecular complexity index is 1260. The maximum Gasteiger partial charge on any atom is 0.416 e. The summed E-state index contributed by atoms with van der Waals surface area (Å²) in [5, 5.41) is 0.869. The van der Waals surface area contributed by atoms with Gasteiger partial charge in [0.25, 0.3) is 0 Å². The van der Waals surface area contributed by atoms with Gasteiger partial charge >= 0.3 is 6.18 Å². The standard InChI is InChI=1S/C24H26F3N5O/c1-15-17(5-3-6-19(15)24(25,26)27)16(2)29-23-18-13-22(31-9-11-33-12-10-31)28-14-20(18)32-8-4-7-21(32)30-23/h3,5-6,13-14,16H,4,7-12H2,1-2H3/b29-23-/t16-/m1/s1. The van der Waals surface area contributed by atoms with Crippen molar-refractivity contribution in [3.8, 4) is 0 Å². The zero-order valence-corrected chi connectivity index (χ0v) is 18.7. The van der Waals surface area contributed by atoms with Crippen LogP contribution in [0.25, 0.3) is 10.9 Å². The second-order valence-electron chi connectivity index (χ2n) is 8.59. The van der Waals surface area contributed by atoms with Gasteiger partial charge in [0.15, 0.2) is 5.49 Å². The minimum Gasteiger partial charge on any atom is -0.378 e. The Labute approximate surface area is 189 Å². The van der Waals surface area contributed by atoms with Crippen LogP contribution in [0.5, 0.6) is 0 Å². The first-order valence-corrected chi connectivity index (χ1v) is 11.3. The summed E-state index contributed by atoms with van der Waals surface area (Å²) < 4.78 is 47.9. The van der Waals surface area contributed by atoms with E-state index in [9.17, 15) is 13.2 Å². The zero-order chi connectivity index (χ0) is 23.2. The molecule has 174 valence electrons. The van der Waals surface area contributed by atoms with Crippen molar-refractivity contribution in [1.82, 2.24) is 14.5 Å². The summed E-state index contributed by atoms with van der Waals surface area (Å²) >= 11 is 0. The first-order valence-electron chi connectivity index (χ1n) is 11.3. The van der Waals surface area contributed by atoms with Gasteiger partial charge in [0.2, 0.25) is 0 Å². The number of hydrogen-bond donors (Lipinski definition) is 0. The molecule has 2 aromatic heterocycles. The molecule has 1 saturated heterocycles. The van der Waals surface area contributed by atoms with Crippen molar-refractivity contribution in [3.05, 3.63) is 58.5 Å². The van der Waals surface area contributed by atoms with Gasteiger partial charge < -0.3 is 14.2 Å². The van der Waals surface area contributed by atoms with Gasteiger partial charge in [0.05, 0.1) is 36.5 Å². The van der Waals surface area contributed by atoms with E-state index >= 15 is 0 Å². The van der Waals surface area contributed by atoms with Crippen molar-refractivity contribution >= 4 is 16.7 Å². The number of rotatable bonds is 3. The SMILES string of the molecule is Cc1c([C@@H](C)/N=c2\nc3n(c4cnc(N5CCOCC5)cc24)CCC3)cccc1C(F)(F)F. The van der Waals surface area contributed by atoms with E-state index in [0.717, 1.165) is 61.1 Å². The monoisotopic (exact) mass is 457 g/mol.